The molecule has 1 heterocycles. The van der Waals surface area contributed by atoms with Crippen molar-refractivity contribution in [2.75, 3.05) is 13.2 Å². The standard InChI is InChI=1S/C33H30F4N2O4/c1-5-42-31(40)27-20(3)39(30(22-12-8-7-9-13-22)38-24-18-16-23(34)17-19-24)21(4)28(32(41)43-6-2)29(27)25-14-10-11-15-26(25)33(35,36)37/h7-19,29H,5-6H2,1-4H3. The van der Waals surface area contributed by atoms with E-state index in [1.165, 1.54) is 47.4 Å². The molecule has 10 heteroatoms. The van der Waals surface area contributed by atoms with Gasteiger partial charge in [0.2, 0.25) is 0 Å². The first-order valence-electron chi connectivity index (χ1n) is 13.6. The van der Waals surface area contributed by atoms with Gasteiger partial charge in [0.15, 0.2) is 0 Å². The zero-order valence-corrected chi connectivity index (χ0v) is 24.0. The molecule has 3 aromatic carbocycles. The zero-order valence-electron chi connectivity index (χ0n) is 24.0. The molecule has 0 aromatic heterocycles. The van der Waals surface area contributed by atoms with E-state index in [-0.39, 0.29) is 47.2 Å². The third kappa shape index (κ3) is 6.53. The average molecular weight is 595 g/mol. The summed E-state index contributed by atoms with van der Waals surface area (Å²) in [4.78, 5) is 33.6. The first-order chi connectivity index (χ1) is 20.5. The maximum atomic E-state index is 14.3. The lowest BCUT2D eigenvalue weighted by Crippen LogP contribution is -2.39. The van der Waals surface area contributed by atoms with E-state index < -0.39 is 35.4 Å². The number of aliphatic imine (C=N–C) groups is 1. The second-order valence-electron chi connectivity index (χ2n) is 9.57. The van der Waals surface area contributed by atoms with Crippen molar-refractivity contribution in [3.8, 4) is 0 Å². The van der Waals surface area contributed by atoms with E-state index in [2.05, 4.69) is 0 Å². The van der Waals surface area contributed by atoms with Crippen LogP contribution in [-0.2, 0) is 25.2 Å². The number of benzene rings is 3. The van der Waals surface area contributed by atoms with Gasteiger partial charge in [0.1, 0.15) is 11.7 Å². The Labute approximate surface area is 247 Å². The Kier molecular flexibility index (Phi) is 9.48. The molecule has 0 amide bonds. The first kappa shape index (κ1) is 31.2. The highest BCUT2D eigenvalue weighted by Gasteiger charge is 2.45. The minimum Gasteiger partial charge on any atom is -0.463 e. The highest BCUT2D eigenvalue weighted by atomic mass is 19.4. The van der Waals surface area contributed by atoms with Crippen molar-refractivity contribution < 1.29 is 36.6 Å². The Bertz CT molecular complexity index is 1550. The van der Waals surface area contributed by atoms with Gasteiger partial charge in [-0.15, -0.1) is 0 Å². The third-order valence-corrected chi connectivity index (χ3v) is 6.90. The smallest absolute Gasteiger partial charge is 0.416 e. The number of carbonyl (C=O) groups excluding carboxylic acids is 2. The summed E-state index contributed by atoms with van der Waals surface area (Å²) in [5, 5.41) is 0. The van der Waals surface area contributed by atoms with Gasteiger partial charge >= 0.3 is 18.1 Å². The summed E-state index contributed by atoms with van der Waals surface area (Å²) in [6, 6.07) is 19.0. The van der Waals surface area contributed by atoms with Crippen LogP contribution in [0.1, 0.15) is 50.3 Å². The number of esters is 2. The molecule has 0 aliphatic carbocycles. The van der Waals surface area contributed by atoms with E-state index in [9.17, 15) is 27.2 Å². The summed E-state index contributed by atoms with van der Waals surface area (Å²) >= 11 is 0. The van der Waals surface area contributed by atoms with Crippen molar-refractivity contribution in [1.82, 2.24) is 4.90 Å². The topological polar surface area (TPSA) is 68.2 Å². The van der Waals surface area contributed by atoms with Crippen LogP contribution in [0.4, 0.5) is 23.2 Å². The van der Waals surface area contributed by atoms with Crippen LogP contribution in [0.3, 0.4) is 0 Å². The van der Waals surface area contributed by atoms with Crippen LogP contribution in [-0.4, -0.2) is 35.9 Å². The molecular weight excluding hydrogens is 564 g/mol. The molecular formula is C33H30F4N2O4. The average Bonchev–Trinajstić information content (AvgIpc) is 2.97. The fraction of sp³-hybridized carbons (Fsp3) is 0.242. The Morgan fingerprint density at radius 2 is 1.30 bits per heavy atom. The minimum absolute atomic E-state index is 0.0596. The van der Waals surface area contributed by atoms with Crippen LogP contribution >= 0.6 is 0 Å². The first-order valence-corrected chi connectivity index (χ1v) is 13.6. The molecule has 0 fully saturated rings. The van der Waals surface area contributed by atoms with Gasteiger partial charge in [0, 0.05) is 17.0 Å². The van der Waals surface area contributed by atoms with Gasteiger partial charge in [-0.3, -0.25) is 0 Å². The van der Waals surface area contributed by atoms with Crippen LogP contribution in [0.2, 0.25) is 0 Å². The van der Waals surface area contributed by atoms with Crippen LogP contribution in [0.25, 0.3) is 0 Å². The normalized spacial score (nSPS) is 14.7. The second kappa shape index (κ2) is 13.1. The maximum absolute atomic E-state index is 14.3. The van der Waals surface area contributed by atoms with Crippen LogP contribution in [0, 0.1) is 5.82 Å². The quantitative estimate of drug-likeness (QED) is 0.121. The van der Waals surface area contributed by atoms with Gasteiger partial charge in [-0.2, -0.15) is 13.2 Å². The van der Waals surface area contributed by atoms with E-state index in [0.717, 1.165) is 6.07 Å². The van der Waals surface area contributed by atoms with Gasteiger partial charge in [0.05, 0.1) is 41.5 Å². The van der Waals surface area contributed by atoms with Crippen molar-refractivity contribution in [3.05, 3.63) is 124 Å². The van der Waals surface area contributed by atoms with Crippen LogP contribution < -0.4 is 0 Å². The number of alkyl halides is 3. The van der Waals surface area contributed by atoms with Crippen molar-refractivity contribution in [2.45, 2.75) is 39.8 Å². The molecule has 4 rings (SSSR count). The van der Waals surface area contributed by atoms with E-state index >= 15 is 0 Å². The number of allylic oxidation sites excluding steroid dienone is 2. The lowest BCUT2D eigenvalue weighted by atomic mass is 9.77. The minimum atomic E-state index is -4.78. The number of hydrogen-bond donors (Lipinski definition) is 0. The number of hydrogen-bond acceptors (Lipinski definition) is 5. The summed E-state index contributed by atoms with van der Waals surface area (Å²) in [5.74, 6) is -3.47. The van der Waals surface area contributed by atoms with Gasteiger partial charge in [-0.1, -0.05) is 48.5 Å². The number of rotatable bonds is 7. The van der Waals surface area contributed by atoms with Crippen molar-refractivity contribution in [3.63, 3.8) is 0 Å². The molecule has 6 nitrogen and oxygen atoms in total. The molecule has 0 radical (unpaired) electrons. The SMILES string of the molecule is CCOC(=O)C1=C(C)N(C(=Nc2ccc(F)cc2)c2ccccc2)C(C)=C(C(=O)OCC)C1c1ccccc1C(F)(F)F. The summed E-state index contributed by atoms with van der Waals surface area (Å²) < 4.78 is 67.4. The molecule has 43 heavy (non-hydrogen) atoms. The zero-order chi connectivity index (χ0) is 31.3. The molecule has 1 aliphatic rings. The van der Waals surface area contributed by atoms with Gasteiger partial charge in [-0.05, 0) is 63.6 Å². The van der Waals surface area contributed by atoms with E-state index in [1.807, 2.05) is 0 Å². The molecule has 0 spiro atoms. The molecule has 3 aromatic rings. The Hall–Kier alpha value is -4.73. The molecule has 0 bridgehead atoms. The van der Waals surface area contributed by atoms with E-state index in [4.69, 9.17) is 14.5 Å². The predicted octanol–water partition coefficient (Wildman–Crippen LogP) is 7.70. The highest BCUT2D eigenvalue weighted by molar-refractivity contribution is 6.07. The highest BCUT2D eigenvalue weighted by Crippen LogP contribution is 2.47. The summed E-state index contributed by atoms with van der Waals surface area (Å²) in [5.41, 5.74) is -0.305. The summed E-state index contributed by atoms with van der Waals surface area (Å²) in [7, 11) is 0. The maximum Gasteiger partial charge on any atom is 0.416 e. The second-order valence-corrected chi connectivity index (χ2v) is 9.57. The molecule has 1 aliphatic heterocycles. The fourth-order valence-electron chi connectivity index (χ4n) is 5.11. The van der Waals surface area contributed by atoms with Gasteiger partial charge < -0.3 is 14.4 Å². The van der Waals surface area contributed by atoms with Crippen LogP contribution in [0.15, 0.2) is 106 Å². The van der Waals surface area contributed by atoms with Gasteiger partial charge in [-0.25, -0.2) is 19.0 Å². The molecule has 0 N–H and O–H groups in total. The Morgan fingerprint density at radius 3 is 1.81 bits per heavy atom. The van der Waals surface area contributed by atoms with E-state index in [1.54, 1.807) is 58.0 Å². The molecule has 0 atom stereocenters. The lowest BCUT2D eigenvalue weighted by Gasteiger charge is -2.39. The number of halogens is 4. The number of amidine groups is 1. The van der Waals surface area contributed by atoms with Gasteiger partial charge in [0.25, 0.3) is 0 Å². The monoisotopic (exact) mass is 594 g/mol. The number of carbonyl (C=O) groups is 2. The fourth-order valence-corrected chi connectivity index (χ4v) is 5.11. The summed E-state index contributed by atoms with van der Waals surface area (Å²) in [6.45, 7) is 6.15. The van der Waals surface area contributed by atoms with Crippen molar-refractivity contribution in [1.29, 1.82) is 0 Å². The number of ether oxygens (including phenoxy) is 2. The predicted molar refractivity (Wildman–Crippen MR) is 154 cm³/mol. The van der Waals surface area contributed by atoms with Crippen LogP contribution in [0.5, 0.6) is 0 Å². The summed E-state index contributed by atoms with van der Waals surface area (Å²) in [6.07, 6.45) is -4.78. The van der Waals surface area contributed by atoms with Crippen molar-refractivity contribution >= 4 is 23.5 Å². The Balaban J connectivity index is 2.11. The van der Waals surface area contributed by atoms with Crippen molar-refractivity contribution in [2.24, 2.45) is 4.99 Å². The molecule has 0 saturated heterocycles. The lowest BCUT2D eigenvalue weighted by molar-refractivity contribution is -0.142. The largest absolute Gasteiger partial charge is 0.463 e. The molecule has 0 saturated carbocycles. The van der Waals surface area contributed by atoms with E-state index in [0.29, 0.717) is 11.3 Å². The molecule has 224 valence electrons. The molecule has 0 unspecified atom stereocenters. The third-order valence-electron chi connectivity index (χ3n) is 6.90. The number of nitrogens with zero attached hydrogens (tertiary/aromatic N) is 2. The Morgan fingerprint density at radius 1 is 0.791 bits per heavy atom.